The van der Waals surface area contributed by atoms with Crippen LogP contribution in [0, 0.1) is 23.7 Å². The number of hydrogen-bond donors (Lipinski definition) is 0. The molecule has 212 valence electrons. The van der Waals surface area contributed by atoms with Crippen LogP contribution in [0.2, 0.25) is 0 Å². The molecule has 0 aliphatic rings. The molecule has 0 atom stereocenters. The summed E-state index contributed by atoms with van der Waals surface area (Å²) in [5, 5.41) is 9.60. The molecule has 46 heavy (non-hydrogen) atoms. The summed E-state index contributed by atoms with van der Waals surface area (Å²) in [6.07, 6.45) is 4.27. The molecule has 0 aromatic heterocycles. The van der Waals surface area contributed by atoms with E-state index in [0.717, 1.165) is 33.4 Å². The molecule has 0 spiro atoms. The van der Waals surface area contributed by atoms with Gasteiger partial charge in [-0.2, -0.15) is 0 Å². The Hall–Kier alpha value is -6.34. The first-order valence-corrected chi connectivity index (χ1v) is 15.5. The fourth-order valence-electron chi connectivity index (χ4n) is 6.11. The van der Waals surface area contributed by atoms with Crippen molar-refractivity contribution in [2.45, 2.75) is 0 Å². The van der Waals surface area contributed by atoms with Gasteiger partial charge in [0.2, 0.25) is 0 Å². The molecule has 8 aromatic carbocycles. The van der Waals surface area contributed by atoms with Gasteiger partial charge in [0.05, 0.1) is 0 Å². The zero-order valence-electron chi connectivity index (χ0n) is 25.2. The lowest BCUT2D eigenvalue weighted by molar-refractivity contribution is 1.60. The Morgan fingerprint density at radius 3 is 0.935 bits per heavy atom. The first-order valence-electron chi connectivity index (χ1n) is 15.5. The van der Waals surface area contributed by atoms with Gasteiger partial charge in [-0.3, -0.25) is 0 Å². The molecule has 0 bridgehead atoms. The molecule has 8 aromatic rings. The molecule has 0 unspecified atom stereocenters. The van der Waals surface area contributed by atoms with Gasteiger partial charge in [-0.05, 0) is 90.6 Å². The minimum atomic E-state index is 0.996. The lowest BCUT2D eigenvalue weighted by Gasteiger charge is -2.06. The number of benzene rings is 8. The van der Waals surface area contributed by atoms with E-state index in [1.54, 1.807) is 0 Å². The van der Waals surface area contributed by atoms with Gasteiger partial charge >= 0.3 is 0 Å². The zero-order chi connectivity index (χ0) is 30.7. The Bertz CT molecular complexity index is 2270. The normalized spacial score (nSPS) is 11.0. The fraction of sp³-hybridized carbons (Fsp3) is 0. The van der Waals surface area contributed by atoms with Crippen molar-refractivity contribution in [2.24, 2.45) is 0 Å². The van der Waals surface area contributed by atoms with Crippen LogP contribution >= 0.6 is 0 Å². The number of hydrogen-bond acceptors (Lipinski definition) is 0. The Kier molecular flexibility index (Phi) is 7.09. The number of rotatable bonds is 2. The molecule has 0 nitrogen and oxygen atoms in total. The third-order valence-corrected chi connectivity index (χ3v) is 8.50. The minimum absolute atomic E-state index is 0.996. The highest BCUT2D eigenvalue weighted by molar-refractivity contribution is 6.05. The topological polar surface area (TPSA) is 0 Å². The molecule has 0 N–H and O–H groups in total. The van der Waals surface area contributed by atoms with Crippen LogP contribution in [-0.4, -0.2) is 0 Å². The molecule has 0 saturated carbocycles. The summed E-state index contributed by atoms with van der Waals surface area (Å²) < 4.78 is 0. The van der Waals surface area contributed by atoms with Crippen LogP contribution in [-0.2, 0) is 0 Å². The summed E-state index contributed by atoms with van der Waals surface area (Å²) in [7, 11) is 0. The summed E-state index contributed by atoms with van der Waals surface area (Å²) in [6.45, 7) is 0. The van der Waals surface area contributed by atoms with E-state index in [1.807, 2.05) is 0 Å². The Labute approximate surface area is 269 Å². The highest BCUT2D eigenvalue weighted by atomic mass is 14.1. The molecule has 0 amide bonds. The fourth-order valence-corrected chi connectivity index (χ4v) is 6.11. The predicted octanol–water partition coefficient (Wildman–Crippen LogP) is 11.3. The average Bonchev–Trinajstić information content (AvgIpc) is 3.12. The van der Waals surface area contributed by atoms with Gasteiger partial charge in [-0.1, -0.05) is 157 Å². The zero-order valence-corrected chi connectivity index (χ0v) is 25.2. The van der Waals surface area contributed by atoms with E-state index in [-0.39, 0.29) is 0 Å². The molecular weight excluding hydrogens is 553 g/mol. The lowest BCUT2D eigenvalue weighted by atomic mass is 9.97. The summed E-state index contributed by atoms with van der Waals surface area (Å²) in [6, 6.07) is 55.2. The van der Waals surface area contributed by atoms with Crippen molar-refractivity contribution < 1.29 is 0 Å². The molecule has 0 saturated heterocycles. The monoisotopic (exact) mass is 580 g/mol. The second kappa shape index (κ2) is 12.0. The maximum atomic E-state index is 3.49. The molecule has 0 radical (unpaired) electrons. The van der Waals surface area contributed by atoms with E-state index < -0.39 is 0 Å². The lowest BCUT2D eigenvalue weighted by Crippen LogP contribution is -1.85. The van der Waals surface area contributed by atoms with Crippen LogP contribution in [0.3, 0.4) is 0 Å². The molecular formula is C46H28. The van der Waals surface area contributed by atoms with Gasteiger partial charge in [0.15, 0.2) is 0 Å². The van der Waals surface area contributed by atoms with Crippen LogP contribution in [0.15, 0.2) is 158 Å². The molecule has 8 rings (SSSR count). The van der Waals surface area contributed by atoms with Gasteiger partial charge < -0.3 is 0 Å². The maximum absolute atomic E-state index is 3.49. The SMILES string of the molecule is C(#Cc1c2ccccc2cc2ccccc12)c1ccc(/C=C/c2ccc(C#Cc3c4ccccc4cc4ccccc34)cc2)cc1. The van der Waals surface area contributed by atoms with E-state index in [1.165, 1.54) is 43.1 Å². The summed E-state index contributed by atoms with van der Waals surface area (Å²) in [5.41, 5.74) is 6.42. The van der Waals surface area contributed by atoms with Crippen molar-refractivity contribution in [2.75, 3.05) is 0 Å². The molecule has 0 aliphatic carbocycles. The van der Waals surface area contributed by atoms with E-state index in [4.69, 9.17) is 0 Å². The second-order valence-electron chi connectivity index (χ2n) is 11.5. The van der Waals surface area contributed by atoms with Gasteiger partial charge in [0.1, 0.15) is 0 Å². The largest absolute Gasteiger partial charge is 0.0616 e. The second-order valence-corrected chi connectivity index (χ2v) is 11.5. The van der Waals surface area contributed by atoms with Crippen molar-refractivity contribution in [1.29, 1.82) is 0 Å². The molecule has 0 heterocycles. The highest BCUT2D eigenvalue weighted by Gasteiger charge is 2.06. The van der Waals surface area contributed by atoms with Gasteiger partial charge in [0, 0.05) is 22.3 Å². The van der Waals surface area contributed by atoms with Crippen LogP contribution in [0.4, 0.5) is 0 Å². The minimum Gasteiger partial charge on any atom is -0.0616 e. The van der Waals surface area contributed by atoms with E-state index >= 15 is 0 Å². The van der Waals surface area contributed by atoms with Gasteiger partial charge in [0.25, 0.3) is 0 Å². The first-order chi connectivity index (χ1) is 22.8. The standard InChI is InChI=1S/C46H28/c1-5-13-41-37(9-1)31-38-10-2-6-14-42(38)45(41)29-27-35-23-19-33(20-24-35)17-18-34-21-25-36(26-22-34)28-30-46-43-15-7-3-11-39(43)32-40-12-4-8-16-44(40)46/h1-26,31-32H/b18-17+. The molecule has 0 heteroatoms. The van der Waals surface area contributed by atoms with Crippen molar-refractivity contribution >= 4 is 55.2 Å². The predicted molar refractivity (Wildman–Crippen MR) is 197 cm³/mol. The van der Waals surface area contributed by atoms with Crippen molar-refractivity contribution in [1.82, 2.24) is 0 Å². The van der Waals surface area contributed by atoms with Crippen molar-refractivity contribution in [3.05, 3.63) is 191 Å². The molecule has 0 fully saturated rings. The van der Waals surface area contributed by atoms with E-state index in [9.17, 15) is 0 Å². The third-order valence-electron chi connectivity index (χ3n) is 8.50. The number of fused-ring (bicyclic) bond motifs is 4. The third kappa shape index (κ3) is 5.42. The maximum Gasteiger partial charge on any atom is 0.0405 e. The average molecular weight is 581 g/mol. The molecule has 0 aliphatic heterocycles. The Balaban J connectivity index is 1.01. The summed E-state index contributed by atoms with van der Waals surface area (Å²) in [5.74, 6) is 13.8. The summed E-state index contributed by atoms with van der Waals surface area (Å²) in [4.78, 5) is 0. The van der Waals surface area contributed by atoms with Crippen molar-refractivity contribution in [3.63, 3.8) is 0 Å². The highest BCUT2D eigenvalue weighted by Crippen LogP contribution is 2.29. The Morgan fingerprint density at radius 1 is 0.304 bits per heavy atom. The van der Waals surface area contributed by atoms with Crippen molar-refractivity contribution in [3.8, 4) is 23.7 Å². The van der Waals surface area contributed by atoms with Crippen LogP contribution in [0.5, 0.6) is 0 Å². The van der Waals surface area contributed by atoms with Gasteiger partial charge in [-0.25, -0.2) is 0 Å². The smallest absolute Gasteiger partial charge is 0.0405 e. The van der Waals surface area contributed by atoms with Gasteiger partial charge in [-0.15, -0.1) is 0 Å². The first kappa shape index (κ1) is 27.2. The van der Waals surface area contributed by atoms with Crippen LogP contribution in [0.1, 0.15) is 33.4 Å². The Morgan fingerprint density at radius 2 is 0.609 bits per heavy atom. The van der Waals surface area contributed by atoms with E-state index in [2.05, 4.69) is 194 Å². The quantitative estimate of drug-likeness (QED) is 0.108. The van der Waals surface area contributed by atoms with Crippen LogP contribution in [0.25, 0.3) is 55.2 Å². The summed E-state index contributed by atoms with van der Waals surface area (Å²) >= 11 is 0. The van der Waals surface area contributed by atoms with Crippen LogP contribution < -0.4 is 0 Å². The van der Waals surface area contributed by atoms with E-state index in [0.29, 0.717) is 0 Å².